The first kappa shape index (κ1) is 11.7. The molecule has 1 aromatic heterocycles. The number of nitrogens with one attached hydrogen (secondary N) is 2. The lowest BCUT2D eigenvalue weighted by atomic mass is 10.0. The normalized spacial score (nSPS) is 26.3. The standard InChI is InChI=1S/C13H19N3O2/c1-13(6-3-7-18-13)12(17)14-8-11-9-4-2-5-10(9)15-16-11/h2-8H2,1H3,(H,14,17)(H,15,16)/t13-/m0/s1. The third-order valence-electron chi connectivity index (χ3n) is 4.01. The number of aromatic amines is 1. The van der Waals surface area contributed by atoms with Gasteiger partial charge in [0.25, 0.3) is 5.91 Å². The van der Waals surface area contributed by atoms with Gasteiger partial charge in [-0.1, -0.05) is 0 Å². The lowest BCUT2D eigenvalue weighted by molar-refractivity contribution is -0.139. The summed E-state index contributed by atoms with van der Waals surface area (Å²) in [7, 11) is 0. The molecule has 98 valence electrons. The van der Waals surface area contributed by atoms with Gasteiger partial charge in [-0.25, -0.2) is 0 Å². The van der Waals surface area contributed by atoms with Crippen molar-refractivity contribution in [1.82, 2.24) is 15.5 Å². The Morgan fingerprint density at radius 3 is 3.17 bits per heavy atom. The molecule has 2 N–H and O–H groups in total. The molecule has 2 aliphatic rings. The van der Waals surface area contributed by atoms with Crippen LogP contribution >= 0.6 is 0 Å². The fraction of sp³-hybridized carbons (Fsp3) is 0.692. The van der Waals surface area contributed by atoms with Crippen LogP contribution in [0, 0.1) is 0 Å². The molecule has 1 saturated heterocycles. The molecule has 1 aliphatic carbocycles. The first-order chi connectivity index (χ1) is 8.69. The van der Waals surface area contributed by atoms with E-state index in [1.165, 1.54) is 17.7 Å². The van der Waals surface area contributed by atoms with Gasteiger partial charge in [-0.2, -0.15) is 5.10 Å². The number of fused-ring (bicyclic) bond motifs is 1. The Morgan fingerprint density at radius 2 is 2.39 bits per heavy atom. The van der Waals surface area contributed by atoms with E-state index >= 15 is 0 Å². The molecule has 2 heterocycles. The number of hydrogen-bond acceptors (Lipinski definition) is 3. The van der Waals surface area contributed by atoms with E-state index in [-0.39, 0.29) is 5.91 Å². The number of amides is 1. The summed E-state index contributed by atoms with van der Waals surface area (Å²) in [6, 6.07) is 0. The SMILES string of the molecule is C[C@@]1(C(=O)NCc2n[nH]c3c2CCC3)CCCO1. The average Bonchev–Trinajstić information content (AvgIpc) is 3.02. The quantitative estimate of drug-likeness (QED) is 0.842. The number of carbonyl (C=O) groups excluding carboxylic acids is 1. The largest absolute Gasteiger partial charge is 0.365 e. The number of ether oxygens (including phenoxy) is 1. The van der Waals surface area contributed by atoms with E-state index in [0.29, 0.717) is 13.2 Å². The predicted octanol–water partition coefficient (Wildman–Crippen LogP) is 1.08. The average molecular weight is 249 g/mol. The number of rotatable bonds is 3. The molecule has 1 atom stereocenters. The lowest BCUT2D eigenvalue weighted by Gasteiger charge is -2.21. The number of aromatic nitrogens is 2. The third kappa shape index (κ3) is 1.92. The fourth-order valence-electron chi connectivity index (χ4n) is 2.84. The summed E-state index contributed by atoms with van der Waals surface area (Å²) >= 11 is 0. The maximum absolute atomic E-state index is 12.1. The highest BCUT2D eigenvalue weighted by molar-refractivity contribution is 5.84. The highest BCUT2D eigenvalue weighted by atomic mass is 16.5. The van der Waals surface area contributed by atoms with Gasteiger partial charge in [0, 0.05) is 12.3 Å². The van der Waals surface area contributed by atoms with E-state index in [1.807, 2.05) is 6.92 Å². The van der Waals surface area contributed by atoms with Crippen LogP contribution in [-0.2, 0) is 28.9 Å². The molecule has 1 amide bonds. The molecule has 1 aliphatic heterocycles. The summed E-state index contributed by atoms with van der Waals surface area (Å²) in [5.41, 5.74) is 2.88. The molecular formula is C13H19N3O2. The van der Waals surface area contributed by atoms with E-state index in [4.69, 9.17) is 4.74 Å². The van der Waals surface area contributed by atoms with Crippen molar-refractivity contribution in [2.24, 2.45) is 0 Å². The van der Waals surface area contributed by atoms with E-state index in [1.54, 1.807) is 0 Å². The van der Waals surface area contributed by atoms with Gasteiger partial charge < -0.3 is 10.1 Å². The minimum atomic E-state index is -0.639. The molecule has 0 spiro atoms. The van der Waals surface area contributed by atoms with Gasteiger partial charge in [0.15, 0.2) is 0 Å². The van der Waals surface area contributed by atoms with Crippen LogP contribution in [0.3, 0.4) is 0 Å². The minimum absolute atomic E-state index is 0.0188. The van der Waals surface area contributed by atoms with Crippen molar-refractivity contribution in [3.8, 4) is 0 Å². The second kappa shape index (κ2) is 4.39. The molecule has 5 nitrogen and oxygen atoms in total. The monoisotopic (exact) mass is 249 g/mol. The molecule has 1 fully saturated rings. The number of aryl methyl sites for hydroxylation is 1. The summed E-state index contributed by atoms with van der Waals surface area (Å²) in [6.45, 7) is 3.05. The molecule has 0 unspecified atom stereocenters. The number of nitrogens with zero attached hydrogens (tertiary/aromatic N) is 1. The van der Waals surface area contributed by atoms with E-state index in [0.717, 1.165) is 31.4 Å². The summed E-state index contributed by atoms with van der Waals surface area (Å²) < 4.78 is 5.52. The smallest absolute Gasteiger partial charge is 0.252 e. The maximum Gasteiger partial charge on any atom is 0.252 e. The molecule has 18 heavy (non-hydrogen) atoms. The second-order valence-electron chi connectivity index (χ2n) is 5.35. The van der Waals surface area contributed by atoms with Crippen molar-refractivity contribution in [2.75, 3.05) is 6.61 Å². The van der Waals surface area contributed by atoms with Crippen LogP contribution in [0.5, 0.6) is 0 Å². The molecule has 3 rings (SSSR count). The first-order valence-electron chi connectivity index (χ1n) is 6.66. The Morgan fingerprint density at radius 1 is 1.50 bits per heavy atom. The molecule has 0 radical (unpaired) electrons. The van der Waals surface area contributed by atoms with Crippen molar-refractivity contribution < 1.29 is 9.53 Å². The Bertz CT molecular complexity index is 461. The van der Waals surface area contributed by atoms with Crippen molar-refractivity contribution in [2.45, 2.75) is 51.2 Å². The molecular weight excluding hydrogens is 230 g/mol. The fourth-order valence-corrected chi connectivity index (χ4v) is 2.84. The Balaban J connectivity index is 1.62. The minimum Gasteiger partial charge on any atom is -0.365 e. The molecule has 0 bridgehead atoms. The van der Waals surface area contributed by atoms with Crippen LogP contribution in [0.4, 0.5) is 0 Å². The summed E-state index contributed by atoms with van der Waals surface area (Å²) in [4.78, 5) is 12.1. The summed E-state index contributed by atoms with van der Waals surface area (Å²) in [5, 5.41) is 10.3. The second-order valence-corrected chi connectivity index (χ2v) is 5.35. The Kier molecular flexibility index (Phi) is 2.86. The molecule has 0 aromatic carbocycles. The van der Waals surface area contributed by atoms with Gasteiger partial charge in [-0.05, 0) is 44.6 Å². The van der Waals surface area contributed by atoms with Crippen LogP contribution in [0.15, 0.2) is 0 Å². The highest BCUT2D eigenvalue weighted by Crippen LogP contribution is 2.26. The van der Waals surface area contributed by atoms with Crippen molar-refractivity contribution in [3.05, 3.63) is 17.0 Å². The summed E-state index contributed by atoms with van der Waals surface area (Å²) in [6.07, 6.45) is 5.10. The third-order valence-corrected chi connectivity index (χ3v) is 4.01. The molecule has 5 heteroatoms. The first-order valence-corrected chi connectivity index (χ1v) is 6.66. The van der Waals surface area contributed by atoms with Gasteiger partial charge >= 0.3 is 0 Å². The zero-order valence-corrected chi connectivity index (χ0v) is 10.7. The van der Waals surface area contributed by atoms with E-state index in [2.05, 4.69) is 15.5 Å². The predicted molar refractivity (Wildman–Crippen MR) is 66.1 cm³/mol. The molecule has 1 aromatic rings. The van der Waals surface area contributed by atoms with Crippen molar-refractivity contribution >= 4 is 5.91 Å². The van der Waals surface area contributed by atoms with Gasteiger partial charge in [-0.3, -0.25) is 9.89 Å². The van der Waals surface area contributed by atoms with Crippen LogP contribution < -0.4 is 5.32 Å². The van der Waals surface area contributed by atoms with Crippen molar-refractivity contribution in [1.29, 1.82) is 0 Å². The summed E-state index contributed by atoms with van der Waals surface area (Å²) in [5.74, 6) is -0.0188. The highest BCUT2D eigenvalue weighted by Gasteiger charge is 2.37. The van der Waals surface area contributed by atoms with Gasteiger partial charge in [0.05, 0.1) is 12.2 Å². The van der Waals surface area contributed by atoms with Crippen LogP contribution in [0.25, 0.3) is 0 Å². The topological polar surface area (TPSA) is 67.0 Å². The number of carbonyl (C=O) groups is 1. The van der Waals surface area contributed by atoms with Crippen LogP contribution in [-0.4, -0.2) is 28.3 Å². The van der Waals surface area contributed by atoms with Crippen molar-refractivity contribution in [3.63, 3.8) is 0 Å². The zero-order chi connectivity index (χ0) is 12.6. The Labute approximate surface area is 106 Å². The molecule has 0 saturated carbocycles. The van der Waals surface area contributed by atoms with Gasteiger partial charge in [0.1, 0.15) is 5.60 Å². The lowest BCUT2D eigenvalue weighted by Crippen LogP contribution is -2.43. The zero-order valence-electron chi connectivity index (χ0n) is 10.7. The van der Waals surface area contributed by atoms with Crippen LogP contribution in [0.1, 0.15) is 43.1 Å². The van der Waals surface area contributed by atoms with Crippen LogP contribution in [0.2, 0.25) is 0 Å². The maximum atomic E-state index is 12.1. The Hall–Kier alpha value is -1.36. The van der Waals surface area contributed by atoms with E-state index < -0.39 is 5.60 Å². The number of H-pyrrole nitrogens is 1. The number of hydrogen-bond donors (Lipinski definition) is 2. The van der Waals surface area contributed by atoms with Gasteiger partial charge in [0.2, 0.25) is 0 Å². The van der Waals surface area contributed by atoms with Gasteiger partial charge in [-0.15, -0.1) is 0 Å². The van der Waals surface area contributed by atoms with E-state index in [9.17, 15) is 4.79 Å².